The highest BCUT2D eigenvalue weighted by Crippen LogP contribution is 2.18. The van der Waals surface area contributed by atoms with Gasteiger partial charge in [0.25, 0.3) is 0 Å². The summed E-state index contributed by atoms with van der Waals surface area (Å²) in [5.74, 6) is 0. The maximum absolute atomic E-state index is 3.71. The molecule has 2 unspecified atom stereocenters. The summed E-state index contributed by atoms with van der Waals surface area (Å²) in [6.07, 6.45) is 3.81. The van der Waals surface area contributed by atoms with Gasteiger partial charge in [0, 0.05) is 30.7 Å². The molecule has 0 amide bonds. The molecule has 1 aliphatic rings. The number of nitrogens with one attached hydrogen (secondary N) is 1. The Labute approximate surface area is 95.4 Å². The zero-order valence-electron chi connectivity index (χ0n) is 11.1. The van der Waals surface area contributed by atoms with Gasteiger partial charge in [-0.3, -0.25) is 4.90 Å². The Bertz CT molecular complexity index is 183. The Morgan fingerprint density at radius 1 is 1.20 bits per heavy atom. The van der Waals surface area contributed by atoms with Crippen LogP contribution in [0.15, 0.2) is 0 Å². The van der Waals surface area contributed by atoms with E-state index in [1.54, 1.807) is 0 Å². The van der Waals surface area contributed by atoms with Gasteiger partial charge in [0.2, 0.25) is 0 Å². The van der Waals surface area contributed by atoms with Crippen LogP contribution in [-0.4, -0.2) is 35.6 Å². The highest BCUT2D eigenvalue weighted by Gasteiger charge is 2.24. The zero-order chi connectivity index (χ0) is 11.5. The standard InChI is InChI=1S/C13H28N2/c1-6-12-8-10-15(13(3,4)5)9-7-11(2)14-12/h11-12,14H,6-10H2,1-5H3. The molecule has 0 radical (unpaired) electrons. The Hall–Kier alpha value is -0.0800. The first-order chi connectivity index (χ1) is 6.93. The van der Waals surface area contributed by atoms with E-state index >= 15 is 0 Å². The lowest BCUT2D eigenvalue weighted by molar-refractivity contribution is 0.110. The first kappa shape index (κ1) is 13.0. The van der Waals surface area contributed by atoms with E-state index in [0.717, 1.165) is 0 Å². The van der Waals surface area contributed by atoms with Crippen LogP contribution in [0.25, 0.3) is 0 Å². The van der Waals surface area contributed by atoms with Gasteiger partial charge in [-0.1, -0.05) is 6.92 Å². The molecule has 90 valence electrons. The van der Waals surface area contributed by atoms with Crippen LogP contribution in [0.3, 0.4) is 0 Å². The molecule has 0 aromatic carbocycles. The predicted octanol–water partition coefficient (Wildman–Crippen LogP) is 2.64. The maximum atomic E-state index is 3.71. The van der Waals surface area contributed by atoms with E-state index in [9.17, 15) is 0 Å². The summed E-state index contributed by atoms with van der Waals surface area (Å²) in [7, 11) is 0. The highest BCUT2D eigenvalue weighted by molar-refractivity contribution is 4.83. The molecule has 1 N–H and O–H groups in total. The lowest BCUT2D eigenvalue weighted by Crippen LogP contribution is -2.49. The summed E-state index contributed by atoms with van der Waals surface area (Å²) in [5.41, 5.74) is 0.329. The molecule has 2 heteroatoms. The van der Waals surface area contributed by atoms with Crippen LogP contribution in [0.2, 0.25) is 0 Å². The molecule has 1 rings (SSSR count). The van der Waals surface area contributed by atoms with Crippen molar-refractivity contribution in [2.45, 2.75) is 71.5 Å². The lowest BCUT2D eigenvalue weighted by Gasteiger charge is -2.39. The second-order valence-corrected chi connectivity index (χ2v) is 5.91. The van der Waals surface area contributed by atoms with E-state index in [1.807, 2.05) is 0 Å². The first-order valence-electron chi connectivity index (χ1n) is 6.44. The minimum absolute atomic E-state index is 0.329. The molecule has 15 heavy (non-hydrogen) atoms. The van der Waals surface area contributed by atoms with Gasteiger partial charge in [-0.05, 0) is 47.0 Å². The van der Waals surface area contributed by atoms with E-state index in [4.69, 9.17) is 0 Å². The summed E-state index contributed by atoms with van der Waals surface area (Å²) in [6.45, 7) is 14.0. The van der Waals surface area contributed by atoms with Crippen LogP contribution < -0.4 is 5.32 Å². The minimum atomic E-state index is 0.329. The van der Waals surface area contributed by atoms with Crippen LogP contribution >= 0.6 is 0 Å². The molecule has 1 heterocycles. The molecular formula is C13H28N2. The van der Waals surface area contributed by atoms with Gasteiger partial charge >= 0.3 is 0 Å². The topological polar surface area (TPSA) is 15.3 Å². The fourth-order valence-corrected chi connectivity index (χ4v) is 2.33. The summed E-state index contributed by atoms with van der Waals surface area (Å²) >= 11 is 0. The van der Waals surface area contributed by atoms with Crippen LogP contribution in [-0.2, 0) is 0 Å². The molecule has 0 spiro atoms. The van der Waals surface area contributed by atoms with Crippen molar-refractivity contribution in [2.75, 3.05) is 13.1 Å². The fraction of sp³-hybridized carbons (Fsp3) is 1.00. The number of hydrogen-bond acceptors (Lipinski definition) is 2. The number of hydrogen-bond donors (Lipinski definition) is 1. The quantitative estimate of drug-likeness (QED) is 0.719. The van der Waals surface area contributed by atoms with Gasteiger partial charge in [-0.25, -0.2) is 0 Å². The van der Waals surface area contributed by atoms with Crippen molar-refractivity contribution in [2.24, 2.45) is 0 Å². The first-order valence-corrected chi connectivity index (χ1v) is 6.44. The van der Waals surface area contributed by atoms with Crippen molar-refractivity contribution in [3.8, 4) is 0 Å². The molecule has 0 aromatic heterocycles. The Balaban J connectivity index is 2.56. The molecule has 0 saturated carbocycles. The van der Waals surface area contributed by atoms with Crippen molar-refractivity contribution >= 4 is 0 Å². The second kappa shape index (κ2) is 5.31. The fourth-order valence-electron chi connectivity index (χ4n) is 2.33. The molecule has 0 bridgehead atoms. The average molecular weight is 212 g/mol. The van der Waals surface area contributed by atoms with E-state index < -0.39 is 0 Å². The molecule has 0 aromatic rings. The van der Waals surface area contributed by atoms with Crippen LogP contribution in [0.4, 0.5) is 0 Å². The van der Waals surface area contributed by atoms with Gasteiger partial charge in [0.05, 0.1) is 0 Å². The summed E-state index contributed by atoms with van der Waals surface area (Å²) in [4.78, 5) is 2.63. The molecule has 2 nitrogen and oxygen atoms in total. The van der Waals surface area contributed by atoms with Gasteiger partial charge in [-0.2, -0.15) is 0 Å². The van der Waals surface area contributed by atoms with Gasteiger partial charge in [0.15, 0.2) is 0 Å². The Morgan fingerprint density at radius 2 is 1.80 bits per heavy atom. The molecule has 1 aliphatic heterocycles. The van der Waals surface area contributed by atoms with E-state index in [-0.39, 0.29) is 0 Å². The lowest BCUT2D eigenvalue weighted by atomic mass is 10.00. The third-order valence-corrected chi connectivity index (χ3v) is 3.54. The molecular weight excluding hydrogens is 184 g/mol. The summed E-state index contributed by atoms with van der Waals surface area (Å²) in [5, 5.41) is 3.71. The minimum Gasteiger partial charge on any atom is -0.311 e. The van der Waals surface area contributed by atoms with E-state index in [1.165, 1.54) is 32.4 Å². The van der Waals surface area contributed by atoms with Crippen LogP contribution in [0.1, 0.15) is 53.9 Å². The largest absolute Gasteiger partial charge is 0.311 e. The van der Waals surface area contributed by atoms with Crippen molar-refractivity contribution in [3.05, 3.63) is 0 Å². The third kappa shape index (κ3) is 4.12. The number of rotatable bonds is 1. The SMILES string of the molecule is CCC1CCN(C(C)(C)C)CCC(C)N1. The van der Waals surface area contributed by atoms with Crippen molar-refractivity contribution in [1.29, 1.82) is 0 Å². The van der Waals surface area contributed by atoms with Crippen molar-refractivity contribution in [3.63, 3.8) is 0 Å². The van der Waals surface area contributed by atoms with E-state index in [0.29, 0.717) is 17.6 Å². The highest BCUT2D eigenvalue weighted by atomic mass is 15.2. The summed E-state index contributed by atoms with van der Waals surface area (Å²) in [6, 6.07) is 1.38. The second-order valence-electron chi connectivity index (χ2n) is 5.91. The molecule has 2 atom stereocenters. The predicted molar refractivity (Wildman–Crippen MR) is 67.2 cm³/mol. The van der Waals surface area contributed by atoms with E-state index in [2.05, 4.69) is 44.8 Å². The van der Waals surface area contributed by atoms with Gasteiger partial charge in [0.1, 0.15) is 0 Å². The molecule has 0 aliphatic carbocycles. The maximum Gasteiger partial charge on any atom is 0.0125 e. The molecule has 1 saturated heterocycles. The number of nitrogens with zero attached hydrogens (tertiary/aromatic N) is 1. The van der Waals surface area contributed by atoms with Crippen molar-refractivity contribution in [1.82, 2.24) is 10.2 Å². The molecule has 1 fully saturated rings. The smallest absolute Gasteiger partial charge is 0.0125 e. The van der Waals surface area contributed by atoms with Gasteiger partial charge in [-0.15, -0.1) is 0 Å². The van der Waals surface area contributed by atoms with Crippen molar-refractivity contribution < 1.29 is 0 Å². The van der Waals surface area contributed by atoms with Crippen LogP contribution in [0, 0.1) is 0 Å². The Kier molecular flexibility index (Phi) is 4.60. The Morgan fingerprint density at radius 3 is 2.33 bits per heavy atom. The van der Waals surface area contributed by atoms with Gasteiger partial charge < -0.3 is 5.32 Å². The zero-order valence-corrected chi connectivity index (χ0v) is 11.1. The average Bonchev–Trinajstić information content (AvgIpc) is 2.09. The summed E-state index contributed by atoms with van der Waals surface area (Å²) < 4.78 is 0. The third-order valence-electron chi connectivity index (χ3n) is 3.54. The monoisotopic (exact) mass is 212 g/mol. The normalized spacial score (nSPS) is 31.0. The van der Waals surface area contributed by atoms with Crippen LogP contribution in [0.5, 0.6) is 0 Å².